The first-order valence-electron chi connectivity index (χ1n) is 11.9. The number of carbonyl (C=O) groups excluding carboxylic acids is 2. The highest BCUT2D eigenvalue weighted by atomic mass is 32.2. The highest BCUT2D eigenvalue weighted by molar-refractivity contribution is 7.99. The molecule has 0 amide bonds. The fraction of sp³-hybridized carbons (Fsp3) is 0.407. The van der Waals surface area contributed by atoms with Gasteiger partial charge in [0.15, 0.2) is 17.3 Å². The summed E-state index contributed by atoms with van der Waals surface area (Å²) in [5, 5.41) is 15.7. The molecule has 0 fully saturated rings. The van der Waals surface area contributed by atoms with Gasteiger partial charge in [0.05, 0.1) is 12.2 Å². The highest BCUT2D eigenvalue weighted by Gasteiger charge is 2.41. The van der Waals surface area contributed by atoms with E-state index in [2.05, 4.69) is 18.3 Å². The first-order valence-corrected chi connectivity index (χ1v) is 14.0. The van der Waals surface area contributed by atoms with E-state index in [1.165, 1.54) is 4.88 Å². The quantitative estimate of drug-likeness (QED) is 0.338. The van der Waals surface area contributed by atoms with Crippen molar-refractivity contribution in [1.29, 1.82) is 0 Å². The number of ether oxygens (including phenoxy) is 2. The number of esters is 1. The summed E-state index contributed by atoms with van der Waals surface area (Å²) in [5.41, 5.74) is 3.30. The summed E-state index contributed by atoms with van der Waals surface area (Å²) >= 11 is 3.37. The summed E-state index contributed by atoms with van der Waals surface area (Å²) in [7, 11) is 0. The van der Waals surface area contributed by atoms with Gasteiger partial charge < -0.3 is 19.9 Å². The first-order chi connectivity index (χ1) is 16.9. The minimum Gasteiger partial charge on any atom is -0.504 e. The fourth-order valence-corrected chi connectivity index (χ4v) is 6.08. The summed E-state index contributed by atoms with van der Waals surface area (Å²) in [4.78, 5) is 28.1. The van der Waals surface area contributed by atoms with Gasteiger partial charge in [0.2, 0.25) is 0 Å². The second-order valence-electron chi connectivity index (χ2n) is 8.53. The number of phenols is 1. The Balaban J connectivity index is 1.75. The number of carbonyl (C=O) groups is 2. The fourth-order valence-electron chi connectivity index (χ4n) is 4.76. The maximum atomic E-state index is 13.6. The number of thioether (sulfide) groups is 1. The number of hydrogen-bond donors (Lipinski definition) is 2. The maximum absolute atomic E-state index is 13.6. The predicted octanol–water partition coefficient (Wildman–Crippen LogP) is 5.51. The molecule has 1 aliphatic heterocycles. The molecule has 1 aliphatic carbocycles. The number of nitrogens with one attached hydrogen (secondary N) is 1. The van der Waals surface area contributed by atoms with Crippen LogP contribution in [-0.4, -0.2) is 41.6 Å². The molecule has 2 atom stereocenters. The molecule has 6 nitrogen and oxygen atoms in total. The van der Waals surface area contributed by atoms with Crippen molar-refractivity contribution in [3.05, 3.63) is 68.7 Å². The summed E-state index contributed by atoms with van der Waals surface area (Å²) in [6.07, 6.45) is 1.09. The minimum absolute atomic E-state index is 0.0209. The number of ketones is 1. The molecule has 4 rings (SSSR count). The molecular weight excluding hydrogens is 482 g/mol. The van der Waals surface area contributed by atoms with Crippen molar-refractivity contribution < 1.29 is 24.2 Å². The van der Waals surface area contributed by atoms with Gasteiger partial charge in [-0.3, -0.25) is 4.79 Å². The Morgan fingerprint density at radius 1 is 1.26 bits per heavy atom. The third-order valence-corrected chi connectivity index (χ3v) is 8.17. The largest absolute Gasteiger partial charge is 0.504 e. The molecule has 0 bridgehead atoms. The second kappa shape index (κ2) is 11.4. The number of rotatable bonds is 9. The van der Waals surface area contributed by atoms with Crippen LogP contribution in [-0.2, 0) is 14.3 Å². The monoisotopic (exact) mass is 513 g/mol. The van der Waals surface area contributed by atoms with E-state index in [1.807, 2.05) is 25.3 Å². The van der Waals surface area contributed by atoms with Crippen LogP contribution in [0, 0.1) is 0 Å². The molecule has 0 unspecified atom stereocenters. The smallest absolute Gasteiger partial charge is 0.336 e. The number of allylic oxidation sites excluding steroid dienone is 3. The van der Waals surface area contributed by atoms with E-state index < -0.39 is 11.9 Å². The van der Waals surface area contributed by atoms with E-state index in [0.29, 0.717) is 48.6 Å². The maximum Gasteiger partial charge on any atom is 0.336 e. The lowest BCUT2D eigenvalue weighted by Gasteiger charge is -2.36. The lowest BCUT2D eigenvalue weighted by atomic mass is 9.72. The van der Waals surface area contributed by atoms with Crippen LogP contribution in [0.2, 0.25) is 0 Å². The van der Waals surface area contributed by atoms with Crippen LogP contribution in [0.4, 0.5) is 0 Å². The molecular formula is C27H31NO5S2. The highest BCUT2D eigenvalue weighted by Crippen LogP contribution is 2.47. The van der Waals surface area contributed by atoms with Crippen LogP contribution in [0.5, 0.6) is 11.5 Å². The number of Topliss-reactive ketones (excluding diaryl/α,β-unsaturated/α-hetero) is 1. The second-order valence-corrected chi connectivity index (χ2v) is 10.9. The number of hydrogen-bond acceptors (Lipinski definition) is 8. The van der Waals surface area contributed by atoms with Gasteiger partial charge >= 0.3 is 5.97 Å². The van der Waals surface area contributed by atoms with Gasteiger partial charge in [-0.25, -0.2) is 4.79 Å². The Bertz CT molecular complexity index is 1150. The summed E-state index contributed by atoms with van der Waals surface area (Å²) in [6, 6.07) is 9.12. The van der Waals surface area contributed by atoms with Gasteiger partial charge in [0.25, 0.3) is 0 Å². The van der Waals surface area contributed by atoms with Gasteiger partial charge in [-0.15, -0.1) is 11.3 Å². The standard InChI is InChI=1S/C27H31NO5S2/c1-4-32-22-15-17(8-9-20(22)29)25-24(27(31)33-10-12-34-5-2)16(3)28-19-13-18(14-21(30)26(19)25)23-7-6-11-35-23/h6-9,11,15,18,25,28-29H,4-5,10,12-14H2,1-3H3/t18-,25-/m0/s1. The normalized spacial score (nSPS) is 19.9. The molecule has 35 heavy (non-hydrogen) atoms. The van der Waals surface area contributed by atoms with Crippen LogP contribution in [0.15, 0.2) is 58.3 Å². The van der Waals surface area contributed by atoms with E-state index in [4.69, 9.17) is 9.47 Å². The van der Waals surface area contributed by atoms with E-state index in [9.17, 15) is 14.7 Å². The van der Waals surface area contributed by atoms with Crippen molar-refractivity contribution in [3.8, 4) is 11.5 Å². The Labute approximate surface area is 214 Å². The van der Waals surface area contributed by atoms with Crippen molar-refractivity contribution in [2.75, 3.05) is 24.7 Å². The Hall–Kier alpha value is -2.71. The zero-order valence-electron chi connectivity index (χ0n) is 20.3. The van der Waals surface area contributed by atoms with Crippen LogP contribution in [0.3, 0.4) is 0 Å². The van der Waals surface area contributed by atoms with E-state index >= 15 is 0 Å². The lowest BCUT2D eigenvalue weighted by Crippen LogP contribution is -2.36. The van der Waals surface area contributed by atoms with Crippen LogP contribution in [0.1, 0.15) is 55.9 Å². The first kappa shape index (κ1) is 25.4. The summed E-state index contributed by atoms with van der Waals surface area (Å²) in [5.74, 6) is 1.14. The van der Waals surface area contributed by atoms with Crippen LogP contribution < -0.4 is 10.1 Å². The number of dihydropyridines is 1. The molecule has 0 saturated carbocycles. The molecule has 1 aromatic heterocycles. The van der Waals surface area contributed by atoms with E-state index in [-0.39, 0.29) is 17.5 Å². The molecule has 1 aromatic carbocycles. The van der Waals surface area contributed by atoms with Gasteiger partial charge in [0.1, 0.15) is 6.61 Å². The zero-order valence-corrected chi connectivity index (χ0v) is 21.9. The molecule has 0 saturated heterocycles. The molecule has 2 aliphatic rings. The van der Waals surface area contributed by atoms with Crippen molar-refractivity contribution in [1.82, 2.24) is 5.32 Å². The SMILES string of the molecule is CCOc1cc([C@H]2C(C(=O)OCCSCC)=C(C)NC3=C2C(=O)C[C@@H](c2cccs2)C3)ccc1O. The third kappa shape index (κ3) is 5.43. The average molecular weight is 514 g/mol. The van der Waals surface area contributed by atoms with Crippen molar-refractivity contribution >= 4 is 34.9 Å². The van der Waals surface area contributed by atoms with Crippen LogP contribution >= 0.6 is 23.1 Å². The lowest BCUT2D eigenvalue weighted by molar-refractivity contribution is -0.138. The molecule has 8 heteroatoms. The summed E-state index contributed by atoms with van der Waals surface area (Å²) < 4.78 is 11.2. The molecule has 186 valence electrons. The van der Waals surface area contributed by atoms with Crippen molar-refractivity contribution in [2.24, 2.45) is 0 Å². The van der Waals surface area contributed by atoms with E-state index in [0.717, 1.165) is 22.8 Å². The van der Waals surface area contributed by atoms with E-state index in [1.54, 1.807) is 41.3 Å². The van der Waals surface area contributed by atoms with Crippen molar-refractivity contribution in [3.63, 3.8) is 0 Å². The number of aromatic hydroxyl groups is 1. The predicted molar refractivity (Wildman–Crippen MR) is 140 cm³/mol. The molecule has 0 spiro atoms. The average Bonchev–Trinajstić information content (AvgIpc) is 3.37. The zero-order chi connectivity index (χ0) is 24.9. The summed E-state index contributed by atoms with van der Waals surface area (Å²) in [6.45, 7) is 6.45. The van der Waals surface area contributed by atoms with Crippen LogP contribution in [0.25, 0.3) is 0 Å². The molecule has 2 N–H and O–H groups in total. The Morgan fingerprint density at radius 3 is 2.80 bits per heavy atom. The van der Waals surface area contributed by atoms with Gasteiger partial charge in [-0.1, -0.05) is 19.1 Å². The molecule has 2 aromatic rings. The third-order valence-electron chi connectivity index (χ3n) is 6.28. The number of benzene rings is 1. The van der Waals surface area contributed by atoms with Gasteiger partial charge in [-0.2, -0.15) is 11.8 Å². The number of phenolic OH excluding ortho intramolecular Hbond substituents is 1. The Morgan fingerprint density at radius 2 is 2.09 bits per heavy atom. The molecule has 2 heterocycles. The number of thiophene rings is 1. The topological polar surface area (TPSA) is 84.9 Å². The minimum atomic E-state index is -0.589. The Kier molecular flexibility index (Phi) is 8.23. The van der Waals surface area contributed by atoms with Gasteiger partial charge in [0, 0.05) is 45.9 Å². The van der Waals surface area contributed by atoms with Crippen molar-refractivity contribution in [2.45, 2.75) is 45.4 Å². The van der Waals surface area contributed by atoms with Gasteiger partial charge in [-0.05, 0) is 55.2 Å². The molecule has 0 radical (unpaired) electrons.